The van der Waals surface area contributed by atoms with Crippen LogP contribution < -0.4 is 10.0 Å². The van der Waals surface area contributed by atoms with Crippen LogP contribution in [0.15, 0.2) is 6.07 Å². The largest absolute Gasteiger partial charge is 0.317 e. The van der Waals surface area contributed by atoms with Crippen molar-refractivity contribution in [1.29, 1.82) is 0 Å². The van der Waals surface area contributed by atoms with Crippen LogP contribution >= 0.6 is 0 Å². The molecule has 0 radical (unpaired) electrons. The van der Waals surface area contributed by atoms with Crippen molar-refractivity contribution in [3.63, 3.8) is 0 Å². The molecule has 7 heteroatoms. The molecule has 2 N–H and O–H groups in total. The van der Waals surface area contributed by atoms with Gasteiger partial charge >= 0.3 is 0 Å². The minimum Gasteiger partial charge on any atom is -0.317 e. The quantitative estimate of drug-likeness (QED) is 0.813. The first kappa shape index (κ1) is 12.4. The van der Waals surface area contributed by atoms with Gasteiger partial charge in [0.2, 0.25) is 10.0 Å². The van der Waals surface area contributed by atoms with E-state index in [2.05, 4.69) is 15.1 Å². The van der Waals surface area contributed by atoms with Crippen molar-refractivity contribution in [2.24, 2.45) is 7.05 Å². The van der Waals surface area contributed by atoms with Crippen LogP contribution in [0.1, 0.15) is 18.5 Å². The number of piperidine rings is 1. The Balaban J connectivity index is 2.13. The highest BCUT2D eigenvalue weighted by molar-refractivity contribution is 7.93. The third-order valence-corrected chi connectivity index (χ3v) is 4.82. The second kappa shape index (κ2) is 4.66. The molecule has 0 bridgehead atoms. The van der Waals surface area contributed by atoms with Gasteiger partial charge in [0.1, 0.15) is 5.82 Å². The Morgan fingerprint density at radius 2 is 2.12 bits per heavy atom. The van der Waals surface area contributed by atoms with Crippen LogP contribution in [-0.2, 0) is 17.1 Å². The molecule has 96 valence electrons. The van der Waals surface area contributed by atoms with E-state index < -0.39 is 10.0 Å². The van der Waals surface area contributed by atoms with E-state index in [9.17, 15) is 8.42 Å². The molecule has 1 aromatic rings. The number of rotatable bonds is 3. The van der Waals surface area contributed by atoms with Crippen molar-refractivity contribution in [3.05, 3.63) is 11.8 Å². The Bertz CT molecular complexity index is 488. The number of hydrogen-bond donors (Lipinski definition) is 2. The van der Waals surface area contributed by atoms with Crippen LogP contribution in [0.3, 0.4) is 0 Å². The van der Waals surface area contributed by atoms with E-state index in [4.69, 9.17) is 0 Å². The fourth-order valence-electron chi connectivity index (χ4n) is 2.04. The van der Waals surface area contributed by atoms with Crippen LogP contribution in [-0.4, -0.2) is 36.5 Å². The van der Waals surface area contributed by atoms with Crippen molar-refractivity contribution < 1.29 is 8.42 Å². The van der Waals surface area contributed by atoms with Gasteiger partial charge in [0.15, 0.2) is 0 Å². The van der Waals surface area contributed by atoms with Crippen LogP contribution in [0.5, 0.6) is 0 Å². The zero-order chi connectivity index (χ0) is 12.5. The SMILES string of the molecule is Cc1cc(NS(=O)(=O)C2CCNCC2)n(C)n1. The van der Waals surface area contributed by atoms with E-state index >= 15 is 0 Å². The Morgan fingerprint density at radius 3 is 2.65 bits per heavy atom. The zero-order valence-electron chi connectivity index (χ0n) is 10.1. The van der Waals surface area contributed by atoms with Crippen molar-refractivity contribution in [1.82, 2.24) is 15.1 Å². The molecule has 1 aliphatic rings. The molecule has 0 atom stereocenters. The first-order valence-corrected chi connectivity index (χ1v) is 7.26. The molecule has 6 nitrogen and oxygen atoms in total. The monoisotopic (exact) mass is 258 g/mol. The summed E-state index contributed by atoms with van der Waals surface area (Å²) in [5.41, 5.74) is 0.801. The topological polar surface area (TPSA) is 76.0 Å². The zero-order valence-corrected chi connectivity index (χ0v) is 10.9. The number of anilines is 1. The molecule has 1 saturated heterocycles. The summed E-state index contributed by atoms with van der Waals surface area (Å²) in [5.74, 6) is 0.529. The average Bonchev–Trinajstić information content (AvgIpc) is 2.58. The van der Waals surface area contributed by atoms with E-state index in [0.717, 1.165) is 18.8 Å². The predicted octanol–water partition coefficient (Wildman–Crippen LogP) is 0.222. The number of hydrogen-bond acceptors (Lipinski definition) is 4. The van der Waals surface area contributed by atoms with Gasteiger partial charge in [0.25, 0.3) is 0 Å². The lowest BCUT2D eigenvalue weighted by Gasteiger charge is -2.23. The fourth-order valence-corrected chi connectivity index (χ4v) is 3.55. The first-order valence-electron chi connectivity index (χ1n) is 5.72. The van der Waals surface area contributed by atoms with Gasteiger partial charge in [-0.3, -0.25) is 9.40 Å². The maximum absolute atomic E-state index is 12.1. The molecule has 0 saturated carbocycles. The second-order valence-electron chi connectivity index (χ2n) is 4.39. The number of aromatic nitrogens is 2. The molecule has 0 amide bonds. The van der Waals surface area contributed by atoms with Crippen LogP contribution in [0.25, 0.3) is 0 Å². The lowest BCUT2D eigenvalue weighted by atomic mass is 10.2. The highest BCUT2D eigenvalue weighted by atomic mass is 32.2. The van der Waals surface area contributed by atoms with Gasteiger partial charge in [-0.1, -0.05) is 0 Å². The summed E-state index contributed by atoms with van der Waals surface area (Å²) >= 11 is 0. The summed E-state index contributed by atoms with van der Waals surface area (Å²) in [4.78, 5) is 0. The van der Waals surface area contributed by atoms with Crippen molar-refractivity contribution in [2.45, 2.75) is 25.0 Å². The van der Waals surface area contributed by atoms with Gasteiger partial charge in [-0.25, -0.2) is 8.42 Å². The second-order valence-corrected chi connectivity index (χ2v) is 6.35. The van der Waals surface area contributed by atoms with Crippen molar-refractivity contribution in [3.8, 4) is 0 Å². The third kappa shape index (κ3) is 2.78. The molecular formula is C10H18N4O2S. The lowest BCUT2D eigenvalue weighted by Crippen LogP contribution is -2.38. The summed E-state index contributed by atoms with van der Waals surface area (Å²) in [6.07, 6.45) is 1.32. The molecule has 1 aromatic heterocycles. The minimum atomic E-state index is -3.30. The van der Waals surface area contributed by atoms with E-state index in [-0.39, 0.29) is 5.25 Å². The number of aryl methyl sites for hydroxylation is 2. The average molecular weight is 258 g/mol. The third-order valence-electron chi connectivity index (χ3n) is 2.97. The number of sulfonamides is 1. The Morgan fingerprint density at radius 1 is 1.47 bits per heavy atom. The smallest absolute Gasteiger partial charge is 0.236 e. The summed E-state index contributed by atoms with van der Waals surface area (Å²) in [5, 5.41) is 6.97. The van der Waals surface area contributed by atoms with Crippen LogP contribution in [0.2, 0.25) is 0 Å². The summed E-state index contributed by atoms with van der Waals surface area (Å²) < 4.78 is 28.4. The van der Waals surface area contributed by atoms with Gasteiger partial charge in [-0.05, 0) is 32.9 Å². The number of nitrogens with zero attached hydrogens (tertiary/aromatic N) is 2. The molecule has 0 aliphatic carbocycles. The molecule has 1 fully saturated rings. The molecule has 0 unspecified atom stereocenters. The van der Waals surface area contributed by atoms with E-state index in [1.54, 1.807) is 17.8 Å². The molecule has 0 spiro atoms. The van der Waals surface area contributed by atoms with E-state index in [1.807, 2.05) is 6.92 Å². The summed E-state index contributed by atoms with van der Waals surface area (Å²) in [6.45, 7) is 3.36. The highest BCUT2D eigenvalue weighted by Crippen LogP contribution is 2.17. The Kier molecular flexibility index (Phi) is 3.39. The highest BCUT2D eigenvalue weighted by Gasteiger charge is 2.27. The fraction of sp³-hybridized carbons (Fsp3) is 0.700. The summed E-state index contributed by atoms with van der Waals surface area (Å²) in [7, 11) is -1.57. The molecule has 17 heavy (non-hydrogen) atoms. The van der Waals surface area contributed by atoms with Gasteiger partial charge < -0.3 is 5.32 Å². The Hall–Kier alpha value is -1.08. The maximum atomic E-state index is 12.1. The predicted molar refractivity (Wildman–Crippen MR) is 66.4 cm³/mol. The van der Waals surface area contributed by atoms with Gasteiger partial charge in [0.05, 0.1) is 10.9 Å². The molecular weight excluding hydrogens is 240 g/mol. The minimum absolute atomic E-state index is 0.307. The Labute approximate surface area is 101 Å². The van der Waals surface area contributed by atoms with Crippen molar-refractivity contribution in [2.75, 3.05) is 17.8 Å². The molecule has 1 aliphatic heterocycles. The van der Waals surface area contributed by atoms with Gasteiger partial charge in [0, 0.05) is 13.1 Å². The number of nitrogens with one attached hydrogen (secondary N) is 2. The molecule has 0 aromatic carbocycles. The molecule has 2 rings (SSSR count). The lowest BCUT2D eigenvalue weighted by molar-refractivity contribution is 0.498. The van der Waals surface area contributed by atoms with E-state index in [1.165, 1.54) is 0 Å². The van der Waals surface area contributed by atoms with E-state index in [0.29, 0.717) is 18.7 Å². The molecule has 2 heterocycles. The first-order chi connectivity index (χ1) is 7.99. The maximum Gasteiger partial charge on any atom is 0.236 e. The standard InChI is InChI=1S/C10H18N4O2S/c1-8-7-10(14(2)12-8)13-17(15,16)9-3-5-11-6-4-9/h7,9,11,13H,3-6H2,1-2H3. The van der Waals surface area contributed by atoms with Crippen LogP contribution in [0, 0.1) is 6.92 Å². The van der Waals surface area contributed by atoms with Gasteiger partial charge in [-0.2, -0.15) is 5.10 Å². The van der Waals surface area contributed by atoms with Gasteiger partial charge in [-0.15, -0.1) is 0 Å². The van der Waals surface area contributed by atoms with Crippen molar-refractivity contribution >= 4 is 15.8 Å². The normalized spacial score (nSPS) is 18.2. The van der Waals surface area contributed by atoms with Crippen LogP contribution in [0.4, 0.5) is 5.82 Å². The summed E-state index contributed by atoms with van der Waals surface area (Å²) in [6, 6.07) is 1.73.